The first-order chi connectivity index (χ1) is 20.4. The SMILES string of the molecule is Nc1nc2c(-c3c(C(F)(F)F)cc4c(N5CC[C@@H](F)C5)nc(OC[C@@]56CCCN5C[C@H](F)C6)nc4c3F)ccc(F)c2s1. The second-order valence-electron chi connectivity index (χ2n) is 11.4. The number of aromatic nitrogens is 3. The molecule has 3 aliphatic rings. The molecule has 0 amide bonds. The van der Waals surface area contributed by atoms with Crippen molar-refractivity contribution in [2.24, 2.45) is 0 Å². The molecule has 0 spiro atoms. The summed E-state index contributed by atoms with van der Waals surface area (Å²) in [5.41, 5.74) is 1.88. The normalized spacial score (nSPS) is 24.5. The fourth-order valence-corrected chi connectivity index (χ4v) is 7.50. The Balaban J connectivity index is 1.43. The van der Waals surface area contributed by atoms with Crippen LogP contribution in [0.2, 0.25) is 0 Å². The number of halogens is 7. The Morgan fingerprint density at radius 3 is 2.60 bits per heavy atom. The van der Waals surface area contributed by atoms with Gasteiger partial charge in [-0.2, -0.15) is 23.1 Å². The average molecular weight is 627 g/mol. The van der Waals surface area contributed by atoms with Gasteiger partial charge in [0.15, 0.2) is 10.9 Å². The fraction of sp³-hybridized carbons (Fsp3) is 0.464. The molecule has 2 N–H and O–H groups in total. The van der Waals surface area contributed by atoms with Gasteiger partial charge in [-0.1, -0.05) is 11.3 Å². The minimum atomic E-state index is -5.05. The van der Waals surface area contributed by atoms with E-state index in [1.807, 2.05) is 4.90 Å². The van der Waals surface area contributed by atoms with Crippen LogP contribution in [0, 0.1) is 11.6 Å². The lowest BCUT2D eigenvalue weighted by molar-refractivity contribution is -0.137. The zero-order valence-electron chi connectivity index (χ0n) is 22.5. The van der Waals surface area contributed by atoms with Crippen LogP contribution < -0.4 is 15.4 Å². The van der Waals surface area contributed by atoms with Gasteiger partial charge in [-0.05, 0) is 44.0 Å². The molecule has 0 unspecified atom stereocenters. The predicted molar refractivity (Wildman–Crippen MR) is 148 cm³/mol. The number of anilines is 2. The molecule has 3 aliphatic heterocycles. The van der Waals surface area contributed by atoms with Crippen molar-refractivity contribution in [1.82, 2.24) is 19.9 Å². The van der Waals surface area contributed by atoms with E-state index in [0.29, 0.717) is 13.0 Å². The van der Waals surface area contributed by atoms with Gasteiger partial charge in [-0.15, -0.1) is 0 Å². The van der Waals surface area contributed by atoms with Crippen molar-refractivity contribution in [3.05, 3.63) is 35.4 Å². The molecule has 0 aliphatic carbocycles. The molecule has 15 heteroatoms. The monoisotopic (exact) mass is 626 g/mol. The summed E-state index contributed by atoms with van der Waals surface area (Å²) in [7, 11) is 0. The summed E-state index contributed by atoms with van der Waals surface area (Å²) < 4.78 is 109. The largest absolute Gasteiger partial charge is 0.461 e. The number of hydrogen-bond donors (Lipinski definition) is 1. The summed E-state index contributed by atoms with van der Waals surface area (Å²) in [6.07, 6.45) is -5.46. The summed E-state index contributed by atoms with van der Waals surface area (Å²) in [6, 6.07) is 2.36. The molecule has 2 aromatic heterocycles. The first-order valence-corrected chi connectivity index (χ1v) is 14.6. The van der Waals surface area contributed by atoms with Gasteiger partial charge in [0.1, 0.15) is 36.1 Å². The van der Waals surface area contributed by atoms with Gasteiger partial charge in [0.25, 0.3) is 0 Å². The van der Waals surface area contributed by atoms with Crippen LogP contribution in [0.25, 0.3) is 32.2 Å². The van der Waals surface area contributed by atoms with Crippen LogP contribution in [0.4, 0.5) is 41.7 Å². The third kappa shape index (κ3) is 4.71. The Hall–Kier alpha value is -3.46. The Morgan fingerprint density at radius 2 is 1.86 bits per heavy atom. The average Bonchev–Trinajstić information content (AvgIpc) is 3.71. The maximum atomic E-state index is 16.6. The van der Waals surface area contributed by atoms with E-state index in [2.05, 4.69) is 15.0 Å². The van der Waals surface area contributed by atoms with E-state index in [4.69, 9.17) is 10.5 Å². The van der Waals surface area contributed by atoms with E-state index in [9.17, 15) is 26.3 Å². The number of hydrogen-bond acceptors (Lipinski definition) is 8. The van der Waals surface area contributed by atoms with Crippen molar-refractivity contribution in [2.75, 3.05) is 43.4 Å². The Bertz CT molecular complexity index is 1750. The second kappa shape index (κ2) is 10.0. The molecule has 0 saturated carbocycles. The van der Waals surface area contributed by atoms with Crippen LogP contribution in [0.5, 0.6) is 6.01 Å². The van der Waals surface area contributed by atoms with Crippen molar-refractivity contribution < 1.29 is 35.5 Å². The molecule has 0 radical (unpaired) electrons. The van der Waals surface area contributed by atoms with Gasteiger partial charge in [0, 0.05) is 36.0 Å². The molecule has 4 aromatic rings. The Morgan fingerprint density at radius 1 is 1.05 bits per heavy atom. The van der Waals surface area contributed by atoms with E-state index in [0.717, 1.165) is 36.0 Å². The van der Waals surface area contributed by atoms with Crippen LogP contribution in [0.15, 0.2) is 18.2 Å². The number of thiazole rings is 1. The highest BCUT2D eigenvalue weighted by atomic mass is 32.1. The number of nitrogens with zero attached hydrogens (tertiary/aromatic N) is 5. The maximum absolute atomic E-state index is 16.6. The molecule has 2 aromatic carbocycles. The van der Waals surface area contributed by atoms with Crippen LogP contribution >= 0.6 is 11.3 Å². The number of ether oxygens (including phenoxy) is 1. The third-order valence-electron chi connectivity index (χ3n) is 8.64. The highest BCUT2D eigenvalue weighted by molar-refractivity contribution is 7.22. The molecule has 7 nitrogen and oxygen atoms in total. The molecule has 0 bridgehead atoms. The summed E-state index contributed by atoms with van der Waals surface area (Å²) in [5, 5.41) is -0.384. The van der Waals surface area contributed by atoms with E-state index < -0.39 is 52.3 Å². The smallest absolute Gasteiger partial charge is 0.417 e. The minimum absolute atomic E-state index is 0.00407. The summed E-state index contributed by atoms with van der Waals surface area (Å²) in [6.45, 7) is 0.939. The number of nitrogen functional groups attached to an aromatic ring is 1. The number of fused-ring (bicyclic) bond motifs is 3. The molecular formula is C28H25F7N6OS. The third-order valence-corrected chi connectivity index (χ3v) is 9.53. The highest BCUT2D eigenvalue weighted by Gasteiger charge is 2.49. The summed E-state index contributed by atoms with van der Waals surface area (Å²) in [5.74, 6) is -2.21. The van der Waals surface area contributed by atoms with Gasteiger partial charge in [-0.25, -0.2) is 22.5 Å². The van der Waals surface area contributed by atoms with Gasteiger partial charge >= 0.3 is 12.2 Å². The summed E-state index contributed by atoms with van der Waals surface area (Å²) >= 11 is 0.727. The number of benzene rings is 2. The van der Waals surface area contributed by atoms with E-state index in [-0.39, 0.29) is 77.2 Å². The van der Waals surface area contributed by atoms with Crippen LogP contribution in [0.3, 0.4) is 0 Å². The molecule has 3 atom stereocenters. The Labute approximate surface area is 244 Å². The lowest BCUT2D eigenvalue weighted by Crippen LogP contribution is -2.43. The molecular weight excluding hydrogens is 601 g/mol. The van der Waals surface area contributed by atoms with Gasteiger partial charge in [-0.3, -0.25) is 4.90 Å². The summed E-state index contributed by atoms with van der Waals surface area (Å²) in [4.78, 5) is 16.0. The zero-order valence-corrected chi connectivity index (χ0v) is 23.3. The molecule has 7 rings (SSSR count). The predicted octanol–water partition coefficient (Wildman–Crippen LogP) is 6.29. The number of nitrogens with two attached hydrogens (primary N) is 1. The van der Waals surface area contributed by atoms with Crippen molar-refractivity contribution in [1.29, 1.82) is 0 Å². The molecule has 43 heavy (non-hydrogen) atoms. The van der Waals surface area contributed by atoms with Crippen molar-refractivity contribution in [3.63, 3.8) is 0 Å². The van der Waals surface area contributed by atoms with Gasteiger partial charge < -0.3 is 15.4 Å². The number of alkyl halides is 5. The van der Waals surface area contributed by atoms with Crippen LogP contribution in [-0.4, -0.2) is 70.5 Å². The Kier molecular flexibility index (Phi) is 6.61. The van der Waals surface area contributed by atoms with Crippen LogP contribution in [0.1, 0.15) is 31.2 Å². The molecule has 3 saturated heterocycles. The second-order valence-corrected chi connectivity index (χ2v) is 12.4. The molecule has 3 fully saturated rings. The first kappa shape index (κ1) is 28.3. The van der Waals surface area contributed by atoms with E-state index >= 15 is 4.39 Å². The van der Waals surface area contributed by atoms with Gasteiger partial charge in [0.05, 0.1) is 27.9 Å². The van der Waals surface area contributed by atoms with Crippen molar-refractivity contribution in [2.45, 2.75) is 49.7 Å². The van der Waals surface area contributed by atoms with Gasteiger partial charge in [0.2, 0.25) is 0 Å². The number of rotatable bonds is 5. The quantitative estimate of drug-likeness (QED) is 0.261. The lowest BCUT2D eigenvalue weighted by Gasteiger charge is -2.31. The van der Waals surface area contributed by atoms with Crippen LogP contribution in [-0.2, 0) is 6.18 Å². The molecule has 5 heterocycles. The zero-order chi connectivity index (χ0) is 30.3. The maximum Gasteiger partial charge on any atom is 0.417 e. The minimum Gasteiger partial charge on any atom is -0.461 e. The van der Waals surface area contributed by atoms with E-state index in [1.54, 1.807) is 0 Å². The topological polar surface area (TPSA) is 80.4 Å². The van der Waals surface area contributed by atoms with Crippen molar-refractivity contribution >= 4 is 43.4 Å². The molecule has 228 valence electrons. The van der Waals surface area contributed by atoms with E-state index in [1.165, 1.54) is 4.90 Å². The first-order valence-electron chi connectivity index (χ1n) is 13.8. The highest BCUT2D eigenvalue weighted by Crippen LogP contribution is 2.46. The standard InChI is InChI=1S/C28H25F7N6OS/c29-13-4-7-40(10-13)24-16-8-17(28(33,34)35)19(15-2-3-18(31)23-22(15)37-25(36)43-23)20(32)21(16)38-26(39-24)42-12-27-5-1-6-41(27)11-14(30)9-27/h2-3,8,13-14H,1,4-7,9-12H2,(H2,36,37)/t13-,14-,27+/m1/s1. The van der Waals surface area contributed by atoms with Crippen molar-refractivity contribution in [3.8, 4) is 17.1 Å². The fourth-order valence-electron chi connectivity index (χ4n) is 6.73. The lowest BCUT2D eigenvalue weighted by atomic mass is 9.95.